The Morgan fingerprint density at radius 3 is 2.72 bits per heavy atom. The Morgan fingerprint density at radius 2 is 2.14 bits per heavy atom. The molecule has 1 saturated heterocycles. The first-order chi connectivity index (χ1) is 13.9. The maximum atomic E-state index is 13.1. The summed E-state index contributed by atoms with van der Waals surface area (Å²) in [5.74, 6) is 0.243. The Hall–Kier alpha value is -1.49. The van der Waals surface area contributed by atoms with E-state index in [1.807, 2.05) is 24.1 Å². The molecule has 10 heteroatoms. The summed E-state index contributed by atoms with van der Waals surface area (Å²) in [6, 6.07) is 2.43. The number of piperidine rings is 1. The molecule has 0 radical (unpaired) electrons. The van der Waals surface area contributed by atoms with Gasteiger partial charge in [-0.15, -0.1) is 10.2 Å². The van der Waals surface area contributed by atoms with Crippen LogP contribution in [-0.2, 0) is 16.1 Å². The van der Waals surface area contributed by atoms with E-state index in [0.717, 1.165) is 35.3 Å². The standard InChI is InChI=1S/C19H27N5O2S3/c1-13(9-17(20)25)23-6-3-16(4-7-23)24(10-15-5-8-27-11-15)18(26)12-28-19-22-21-14(2)29-19/h5,8,11,13,16H,3-4,6-7,9-10,12H2,1-2H3,(H2,20,25). The van der Waals surface area contributed by atoms with Crippen molar-refractivity contribution in [3.8, 4) is 0 Å². The van der Waals surface area contributed by atoms with E-state index in [1.54, 1.807) is 11.3 Å². The van der Waals surface area contributed by atoms with E-state index in [2.05, 4.69) is 26.5 Å². The van der Waals surface area contributed by atoms with E-state index >= 15 is 0 Å². The summed E-state index contributed by atoms with van der Waals surface area (Å²) in [6.07, 6.45) is 2.18. The van der Waals surface area contributed by atoms with Crippen molar-refractivity contribution >= 4 is 46.2 Å². The van der Waals surface area contributed by atoms with E-state index in [-0.39, 0.29) is 23.9 Å². The molecule has 2 amide bonds. The number of rotatable bonds is 9. The van der Waals surface area contributed by atoms with Gasteiger partial charge in [-0.05, 0) is 49.1 Å². The summed E-state index contributed by atoms with van der Waals surface area (Å²) in [7, 11) is 0. The largest absolute Gasteiger partial charge is 0.370 e. The van der Waals surface area contributed by atoms with E-state index < -0.39 is 0 Å². The maximum Gasteiger partial charge on any atom is 0.233 e. The summed E-state index contributed by atoms with van der Waals surface area (Å²) in [4.78, 5) is 28.6. The lowest BCUT2D eigenvalue weighted by molar-refractivity contribution is -0.132. The van der Waals surface area contributed by atoms with E-state index in [4.69, 9.17) is 5.73 Å². The third-order valence-electron chi connectivity index (χ3n) is 5.14. The lowest BCUT2D eigenvalue weighted by Gasteiger charge is -2.40. The number of nitrogens with zero attached hydrogens (tertiary/aromatic N) is 4. The number of thioether (sulfide) groups is 1. The molecule has 2 aromatic heterocycles. The average molecular weight is 454 g/mol. The molecule has 1 aliphatic rings. The number of aromatic nitrogens is 2. The van der Waals surface area contributed by atoms with Gasteiger partial charge in [0.2, 0.25) is 11.8 Å². The predicted octanol–water partition coefficient (Wildman–Crippen LogP) is 2.76. The lowest BCUT2D eigenvalue weighted by Crippen LogP contribution is -2.50. The van der Waals surface area contributed by atoms with Crippen LogP contribution < -0.4 is 5.73 Å². The number of amides is 2. The van der Waals surface area contributed by atoms with Gasteiger partial charge in [0, 0.05) is 38.1 Å². The van der Waals surface area contributed by atoms with E-state index in [0.29, 0.717) is 18.7 Å². The van der Waals surface area contributed by atoms with Gasteiger partial charge >= 0.3 is 0 Å². The monoisotopic (exact) mass is 453 g/mol. The van der Waals surface area contributed by atoms with Gasteiger partial charge in [-0.2, -0.15) is 11.3 Å². The molecule has 1 atom stereocenters. The van der Waals surface area contributed by atoms with Crippen molar-refractivity contribution < 1.29 is 9.59 Å². The molecule has 1 unspecified atom stereocenters. The zero-order valence-electron chi connectivity index (χ0n) is 16.7. The van der Waals surface area contributed by atoms with Gasteiger partial charge < -0.3 is 10.6 Å². The van der Waals surface area contributed by atoms with E-state index in [9.17, 15) is 9.59 Å². The van der Waals surface area contributed by atoms with Gasteiger partial charge in [-0.25, -0.2) is 0 Å². The van der Waals surface area contributed by atoms with Gasteiger partial charge in [-0.1, -0.05) is 23.1 Å². The molecule has 29 heavy (non-hydrogen) atoms. The number of primary amides is 1. The summed E-state index contributed by atoms with van der Waals surface area (Å²) < 4.78 is 0.835. The topological polar surface area (TPSA) is 92.4 Å². The molecule has 3 rings (SSSR count). The molecule has 1 fully saturated rings. The molecule has 0 aromatic carbocycles. The highest BCUT2D eigenvalue weighted by Crippen LogP contribution is 2.26. The van der Waals surface area contributed by atoms with Crippen LogP contribution >= 0.6 is 34.4 Å². The van der Waals surface area contributed by atoms with Crippen molar-refractivity contribution in [2.24, 2.45) is 5.73 Å². The van der Waals surface area contributed by atoms with Crippen molar-refractivity contribution in [1.82, 2.24) is 20.0 Å². The van der Waals surface area contributed by atoms with Crippen molar-refractivity contribution in [3.05, 3.63) is 27.4 Å². The van der Waals surface area contributed by atoms with Crippen LogP contribution in [0.3, 0.4) is 0 Å². The fraction of sp³-hybridized carbons (Fsp3) is 0.579. The second-order valence-electron chi connectivity index (χ2n) is 7.32. The van der Waals surface area contributed by atoms with Gasteiger partial charge in [0.25, 0.3) is 0 Å². The van der Waals surface area contributed by atoms with Crippen molar-refractivity contribution in [2.45, 2.75) is 56.1 Å². The fourth-order valence-electron chi connectivity index (χ4n) is 3.60. The fourth-order valence-corrected chi connectivity index (χ4v) is 5.96. The van der Waals surface area contributed by atoms with Crippen LogP contribution in [0.4, 0.5) is 0 Å². The Bertz CT molecular complexity index is 803. The van der Waals surface area contributed by atoms with Crippen LogP contribution in [0.1, 0.15) is 36.8 Å². The van der Waals surface area contributed by atoms with Crippen LogP contribution in [0.25, 0.3) is 0 Å². The van der Waals surface area contributed by atoms with Gasteiger partial charge in [-0.3, -0.25) is 14.5 Å². The Kier molecular flexibility index (Phi) is 8.05. The first-order valence-corrected chi connectivity index (χ1v) is 12.4. The second-order valence-corrected chi connectivity index (χ2v) is 10.5. The molecule has 3 heterocycles. The normalized spacial score (nSPS) is 16.6. The molecule has 7 nitrogen and oxygen atoms in total. The van der Waals surface area contributed by atoms with Crippen molar-refractivity contribution in [3.63, 3.8) is 0 Å². The number of thiophene rings is 1. The Morgan fingerprint density at radius 1 is 1.38 bits per heavy atom. The van der Waals surface area contributed by atoms with E-state index in [1.165, 1.54) is 28.7 Å². The molecule has 2 aromatic rings. The zero-order valence-corrected chi connectivity index (χ0v) is 19.2. The minimum Gasteiger partial charge on any atom is -0.370 e. The molecular formula is C19H27N5O2S3. The van der Waals surface area contributed by atoms with Crippen molar-refractivity contribution in [2.75, 3.05) is 18.8 Å². The quantitative estimate of drug-likeness (QED) is 0.587. The Labute approximate surface area is 183 Å². The van der Waals surface area contributed by atoms with Gasteiger partial charge in [0.1, 0.15) is 5.01 Å². The van der Waals surface area contributed by atoms with Crippen LogP contribution in [0.5, 0.6) is 0 Å². The maximum absolute atomic E-state index is 13.1. The predicted molar refractivity (Wildman–Crippen MR) is 118 cm³/mol. The number of carbonyl (C=O) groups excluding carboxylic acids is 2. The highest BCUT2D eigenvalue weighted by atomic mass is 32.2. The number of nitrogens with two attached hydrogens (primary N) is 1. The smallest absolute Gasteiger partial charge is 0.233 e. The molecule has 0 spiro atoms. The van der Waals surface area contributed by atoms with Gasteiger partial charge in [0.05, 0.1) is 5.75 Å². The minimum atomic E-state index is -0.266. The lowest BCUT2D eigenvalue weighted by atomic mass is 10.00. The highest BCUT2D eigenvalue weighted by Gasteiger charge is 2.30. The third-order valence-corrected chi connectivity index (χ3v) is 7.83. The first-order valence-electron chi connectivity index (χ1n) is 9.68. The number of hydrogen-bond acceptors (Lipinski definition) is 8. The van der Waals surface area contributed by atoms with Crippen LogP contribution in [0.15, 0.2) is 21.2 Å². The molecule has 0 bridgehead atoms. The summed E-state index contributed by atoms with van der Waals surface area (Å²) in [5.41, 5.74) is 6.52. The second kappa shape index (κ2) is 10.5. The molecule has 1 aliphatic heterocycles. The molecular weight excluding hydrogens is 426 g/mol. The summed E-state index contributed by atoms with van der Waals surface area (Å²) in [6.45, 7) is 6.34. The average Bonchev–Trinajstić information content (AvgIpc) is 3.35. The first kappa shape index (κ1) is 22.2. The molecule has 0 aliphatic carbocycles. The molecule has 158 valence electrons. The highest BCUT2D eigenvalue weighted by molar-refractivity contribution is 8.01. The molecule has 2 N–H and O–H groups in total. The SMILES string of the molecule is Cc1nnc(SCC(=O)N(Cc2ccsc2)C2CCN(C(C)CC(N)=O)CC2)s1. The third kappa shape index (κ3) is 6.50. The zero-order chi connectivity index (χ0) is 20.8. The van der Waals surface area contributed by atoms with Gasteiger partial charge in [0.15, 0.2) is 4.34 Å². The van der Waals surface area contributed by atoms with Crippen LogP contribution in [-0.4, -0.2) is 62.7 Å². The number of likely N-dealkylation sites (tertiary alicyclic amines) is 1. The minimum absolute atomic E-state index is 0.137. The Balaban J connectivity index is 1.61. The van der Waals surface area contributed by atoms with Crippen molar-refractivity contribution in [1.29, 1.82) is 0 Å². The summed E-state index contributed by atoms with van der Waals surface area (Å²) >= 11 is 4.63. The van der Waals surface area contributed by atoms with Crippen LogP contribution in [0.2, 0.25) is 0 Å². The molecule has 0 saturated carbocycles. The van der Waals surface area contributed by atoms with Crippen LogP contribution in [0, 0.1) is 6.92 Å². The summed E-state index contributed by atoms with van der Waals surface area (Å²) in [5, 5.41) is 13.2. The number of carbonyl (C=O) groups is 2. The number of aryl methyl sites for hydroxylation is 1. The number of hydrogen-bond donors (Lipinski definition) is 1.